The first kappa shape index (κ1) is 18.9. The van der Waals surface area contributed by atoms with Gasteiger partial charge in [0, 0.05) is 6.54 Å². The molecule has 0 aliphatic carbocycles. The highest BCUT2D eigenvalue weighted by Crippen LogP contribution is 2.06. The van der Waals surface area contributed by atoms with Crippen molar-refractivity contribution in [2.24, 2.45) is 0 Å². The standard InChI is InChI=1S/C17H19FN2O4S/c18-16-3-1-2-13(10-16)8-9-25(23,24)20-17(22)19-11-14-4-6-15(12-21)7-5-14/h1-7,10,21H,8-9,11-12H2,(H2,19,20,22). The molecule has 134 valence electrons. The van der Waals surface area contributed by atoms with Gasteiger partial charge in [0.2, 0.25) is 10.0 Å². The number of amides is 2. The second-order valence-electron chi connectivity index (χ2n) is 5.46. The molecule has 0 saturated heterocycles. The van der Waals surface area contributed by atoms with Gasteiger partial charge in [-0.2, -0.15) is 0 Å². The van der Waals surface area contributed by atoms with Crippen LogP contribution in [0.5, 0.6) is 0 Å². The quantitative estimate of drug-likeness (QED) is 0.695. The van der Waals surface area contributed by atoms with Crippen molar-refractivity contribution in [2.45, 2.75) is 19.6 Å². The predicted octanol–water partition coefficient (Wildman–Crippen LogP) is 1.69. The number of nitrogens with one attached hydrogen (secondary N) is 2. The Morgan fingerprint density at radius 2 is 1.72 bits per heavy atom. The SMILES string of the molecule is O=C(NCc1ccc(CO)cc1)NS(=O)(=O)CCc1cccc(F)c1. The third-order valence-corrected chi connectivity index (χ3v) is 4.69. The largest absolute Gasteiger partial charge is 0.392 e. The van der Waals surface area contributed by atoms with Crippen LogP contribution in [0.3, 0.4) is 0 Å². The van der Waals surface area contributed by atoms with Crippen LogP contribution in [0.1, 0.15) is 16.7 Å². The minimum absolute atomic E-state index is 0.0717. The summed E-state index contributed by atoms with van der Waals surface area (Å²) in [7, 11) is -3.82. The molecule has 0 fully saturated rings. The van der Waals surface area contributed by atoms with E-state index in [4.69, 9.17) is 5.11 Å². The minimum atomic E-state index is -3.82. The van der Waals surface area contributed by atoms with Gasteiger partial charge in [0.1, 0.15) is 5.82 Å². The Balaban J connectivity index is 1.81. The molecule has 0 heterocycles. The van der Waals surface area contributed by atoms with Crippen molar-refractivity contribution in [1.82, 2.24) is 10.0 Å². The van der Waals surface area contributed by atoms with Crippen LogP contribution in [0, 0.1) is 5.82 Å². The molecule has 0 aliphatic rings. The summed E-state index contributed by atoms with van der Waals surface area (Å²) in [5.41, 5.74) is 2.05. The van der Waals surface area contributed by atoms with Crippen molar-refractivity contribution in [1.29, 1.82) is 0 Å². The smallest absolute Gasteiger partial charge is 0.328 e. The van der Waals surface area contributed by atoms with Crippen LogP contribution in [-0.4, -0.2) is 25.3 Å². The van der Waals surface area contributed by atoms with Gasteiger partial charge in [0.25, 0.3) is 0 Å². The van der Waals surface area contributed by atoms with Crippen molar-refractivity contribution in [2.75, 3.05) is 5.75 Å². The van der Waals surface area contributed by atoms with Crippen molar-refractivity contribution in [3.63, 3.8) is 0 Å². The minimum Gasteiger partial charge on any atom is -0.392 e. The highest BCUT2D eigenvalue weighted by atomic mass is 32.2. The average molecular weight is 366 g/mol. The first-order chi connectivity index (χ1) is 11.9. The number of benzene rings is 2. The van der Waals surface area contributed by atoms with Gasteiger partial charge in [-0.05, 0) is 35.2 Å². The van der Waals surface area contributed by atoms with Crippen molar-refractivity contribution in [3.8, 4) is 0 Å². The maximum absolute atomic E-state index is 13.1. The summed E-state index contributed by atoms with van der Waals surface area (Å²) in [6.07, 6.45) is 0.100. The number of aliphatic hydroxyl groups excluding tert-OH is 1. The number of urea groups is 1. The van der Waals surface area contributed by atoms with Gasteiger partial charge in [-0.1, -0.05) is 36.4 Å². The molecule has 2 aromatic carbocycles. The Bertz CT molecular complexity index is 823. The maximum atomic E-state index is 13.1. The third-order valence-electron chi connectivity index (χ3n) is 3.46. The van der Waals surface area contributed by atoms with Crippen LogP contribution >= 0.6 is 0 Å². The molecule has 0 atom stereocenters. The van der Waals surface area contributed by atoms with Crippen molar-refractivity contribution in [3.05, 3.63) is 71.0 Å². The summed E-state index contributed by atoms with van der Waals surface area (Å²) < 4.78 is 38.8. The Labute approximate surface area is 145 Å². The van der Waals surface area contributed by atoms with Crippen LogP contribution in [0.4, 0.5) is 9.18 Å². The fraction of sp³-hybridized carbons (Fsp3) is 0.235. The molecule has 8 heteroatoms. The average Bonchev–Trinajstić information content (AvgIpc) is 2.58. The van der Waals surface area contributed by atoms with E-state index in [1.165, 1.54) is 18.2 Å². The van der Waals surface area contributed by atoms with Crippen molar-refractivity contribution >= 4 is 16.1 Å². The zero-order valence-electron chi connectivity index (χ0n) is 13.4. The molecule has 25 heavy (non-hydrogen) atoms. The van der Waals surface area contributed by atoms with Crippen LogP contribution in [-0.2, 0) is 29.6 Å². The topological polar surface area (TPSA) is 95.5 Å². The van der Waals surface area contributed by atoms with E-state index < -0.39 is 21.9 Å². The Morgan fingerprint density at radius 1 is 1.04 bits per heavy atom. The molecule has 0 bridgehead atoms. The molecular weight excluding hydrogens is 347 g/mol. The Kier molecular flexibility index (Phi) is 6.49. The lowest BCUT2D eigenvalue weighted by molar-refractivity contribution is 0.245. The summed E-state index contributed by atoms with van der Waals surface area (Å²) in [5.74, 6) is -0.762. The molecule has 0 saturated carbocycles. The number of rotatable bonds is 7. The van der Waals surface area contributed by atoms with Crippen LogP contribution in [0.15, 0.2) is 48.5 Å². The van der Waals surface area contributed by atoms with Crippen LogP contribution < -0.4 is 10.0 Å². The molecule has 0 radical (unpaired) electrons. The summed E-state index contributed by atoms with van der Waals surface area (Å²) in [6.45, 7) is 0.0781. The van der Waals surface area contributed by atoms with Crippen LogP contribution in [0.25, 0.3) is 0 Å². The second-order valence-corrected chi connectivity index (χ2v) is 7.30. The molecule has 0 aromatic heterocycles. The summed E-state index contributed by atoms with van der Waals surface area (Å²) in [6, 6.07) is 11.7. The first-order valence-corrected chi connectivity index (χ1v) is 9.24. The molecule has 0 spiro atoms. The lowest BCUT2D eigenvalue weighted by Gasteiger charge is -2.09. The maximum Gasteiger partial charge on any atom is 0.328 e. The number of halogens is 1. The molecule has 2 aromatic rings. The van der Waals surface area contributed by atoms with E-state index >= 15 is 0 Å². The fourth-order valence-electron chi connectivity index (χ4n) is 2.12. The number of aryl methyl sites for hydroxylation is 1. The molecule has 2 amide bonds. The number of sulfonamides is 1. The van der Waals surface area contributed by atoms with Gasteiger partial charge >= 0.3 is 6.03 Å². The zero-order chi connectivity index (χ0) is 18.3. The third kappa shape index (κ3) is 6.52. The van der Waals surface area contributed by atoms with E-state index in [0.29, 0.717) is 5.56 Å². The zero-order valence-corrected chi connectivity index (χ0v) is 14.2. The number of hydrogen-bond acceptors (Lipinski definition) is 4. The predicted molar refractivity (Wildman–Crippen MR) is 91.6 cm³/mol. The number of carbonyl (C=O) groups is 1. The van der Waals surface area contributed by atoms with Gasteiger partial charge in [0.15, 0.2) is 0 Å². The van der Waals surface area contributed by atoms with Gasteiger partial charge in [-0.25, -0.2) is 22.3 Å². The first-order valence-electron chi connectivity index (χ1n) is 7.59. The Morgan fingerprint density at radius 3 is 2.36 bits per heavy atom. The summed E-state index contributed by atoms with van der Waals surface area (Å²) in [5, 5.41) is 11.4. The molecule has 0 aliphatic heterocycles. The van der Waals surface area contributed by atoms with Crippen molar-refractivity contribution < 1.29 is 22.7 Å². The molecule has 3 N–H and O–H groups in total. The van der Waals surface area contributed by atoms with E-state index in [0.717, 1.165) is 11.1 Å². The molecule has 0 unspecified atom stereocenters. The van der Waals surface area contributed by atoms with E-state index in [-0.39, 0.29) is 25.3 Å². The van der Waals surface area contributed by atoms with E-state index in [1.54, 1.807) is 30.3 Å². The van der Waals surface area contributed by atoms with E-state index in [2.05, 4.69) is 5.32 Å². The summed E-state index contributed by atoms with van der Waals surface area (Å²) >= 11 is 0. The number of carbonyl (C=O) groups excluding carboxylic acids is 1. The monoisotopic (exact) mass is 366 g/mol. The van der Waals surface area contributed by atoms with Crippen LogP contribution in [0.2, 0.25) is 0 Å². The molecule has 6 nitrogen and oxygen atoms in total. The highest BCUT2D eigenvalue weighted by molar-refractivity contribution is 7.90. The normalized spacial score (nSPS) is 11.1. The fourth-order valence-corrected chi connectivity index (χ4v) is 3.08. The highest BCUT2D eigenvalue weighted by Gasteiger charge is 2.14. The van der Waals surface area contributed by atoms with E-state index in [9.17, 15) is 17.6 Å². The van der Waals surface area contributed by atoms with Gasteiger partial charge in [0.05, 0.1) is 12.4 Å². The van der Waals surface area contributed by atoms with E-state index in [1.807, 2.05) is 4.72 Å². The lowest BCUT2D eigenvalue weighted by atomic mass is 10.1. The molecule has 2 rings (SSSR count). The molecular formula is C17H19FN2O4S. The van der Waals surface area contributed by atoms with Gasteiger partial charge in [-0.15, -0.1) is 0 Å². The van der Waals surface area contributed by atoms with Gasteiger partial charge in [-0.3, -0.25) is 0 Å². The number of aliphatic hydroxyl groups is 1. The lowest BCUT2D eigenvalue weighted by Crippen LogP contribution is -2.40. The number of hydrogen-bond donors (Lipinski definition) is 3. The summed E-state index contributed by atoms with van der Waals surface area (Å²) in [4.78, 5) is 11.7. The Hall–Kier alpha value is -2.45. The van der Waals surface area contributed by atoms with Gasteiger partial charge < -0.3 is 10.4 Å². The second kappa shape index (κ2) is 8.59.